The summed E-state index contributed by atoms with van der Waals surface area (Å²) in [5, 5.41) is 2.76. The molecule has 0 saturated carbocycles. The molecule has 0 unspecified atom stereocenters. The van der Waals surface area contributed by atoms with E-state index in [4.69, 9.17) is 11.2 Å². The van der Waals surface area contributed by atoms with Gasteiger partial charge >= 0.3 is 6.09 Å². The van der Waals surface area contributed by atoms with Gasteiger partial charge in [-0.1, -0.05) is 18.1 Å². The predicted molar refractivity (Wildman–Crippen MR) is 99.1 cm³/mol. The Balaban J connectivity index is 1.73. The molecule has 0 bridgehead atoms. The van der Waals surface area contributed by atoms with Gasteiger partial charge in [-0.15, -0.1) is 6.42 Å². The van der Waals surface area contributed by atoms with Crippen molar-refractivity contribution in [1.82, 2.24) is 15.3 Å². The zero-order valence-electron chi connectivity index (χ0n) is 15.1. The minimum atomic E-state index is -0.465. The van der Waals surface area contributed by atoms with Crippen molar-refractivity contribution in [2.24, 2.45) is 0 Å². The van der Waals surface area contributed by atoms with E-state index in [1.54, 1.807) is 0 Å². The molecule has 0 spiro atoms. The maximum atomic E-state index is 11.5. The molecule has 5 nitrogen and oxygen atoms in total. The second-order valence-electron chi connectivity index (χ2n) is 6.85. The molecule has 0 saturated heterocycles. The van der Waals surface area contributed by atoms with Gasteiger partial charge in [0.25, 0.3) is 0 Å². The minimum absolute atomic E-state index is 0.372. The van der Waals surface area contributed by atoms with Gasteiger partial charge in [0.2, 0.25) is 0 Å². The van der Waals surface area contributed by atoms with Crippen molar-refractivity contribution in [2.75, 3.05) is 6.54 Å². The summed E-state index contributed by atoms with van der Waals surface area (Å²) in [7, 11) is 0. The number of benzene rings is 1. The van der Waals surface area contributed by atoms with E-state index in [0.717, 1.165) is 41.9 Å². The number of aromatic nitrogens is 2. The highest BCUT2D eigenvalue weighted by atomic mass is 16.6. The van der Waals surface area contributed by atoms with Crippen molar-refractivity contribution >= 4 is 6.09 Å². The van der Waals surface area contributed by atoms with Crippen LogP contribution in [0.2, 0.25) is 0 Å². The number of alkyl carbamates (subject to hydrolysis) is 1. The highest BCUT2D eigenvalue weighted by molar-refractivity contribution is 5.67. The van der Waals surface area contributed by atoms with Crippen molar-refractivity contribution in [2.45, 2.75) is 45.6 Å². The lowest BCUT2D eigenvalue weighted by Gasteiger charge is -2.19. The molecule has 2 rings (SSSR count). The van der Waals surface area contributed by atoms with Crippen LogP contribution in [0.5, 0.6) is 0 Å². The average molecular weight is 339 g/mol. The lowest BCUT2D eigenvalue weighted by molar-refractivity contribution is 0.0527. The first-order chi connectivity index (χ1) is 11.9. The van der Waals surface area contributed by atoms with Gasteiger partial charge in [0.1, 0.15) is 11.4 Å². The number of terminal acetylenes is 1. The molecule has 1 aromatic heterocycles. The molecule has 0 aliphatic rings. The first kappa shape index (κ1) is 18.6. The van der Waals surface area contributed by atoms with Crippen LogP contribution in [0.25, 0.3) is 11.3 Å². The third kappa shape index (κ3) is 6.34. The number of carbonyl (C=O) groups is 1. The van der Waals surface area contributed by atoms with Crippen LogP contribution in [0.3, 0.4) is 0 Å². The maximum absolute atomic E-state index is 11.5. The number of carbonyl (C=O) groups excluding carboxylic acids is 1. The fraction of sp³-hybridized carbons (Fsp3) is 0.400. The predicted octanol–water partition coefficient (Wildman–Crippen LogP) is 3.91. The number of hydrogen-bond acceptors (Lipinski definition) is 3. The summed E-state index contributed by atoms with van der Waals surface area (Å²) in [6.07, 6.45) is 9.46. The zero-order chi connectivity index (χ0) is 18.3. The Kier molecular flexibility index (Phi) is 6.24. The van der Waals surface area contributed by atoms with Crippen molar-refractivity contribution in [3.8, 4) is 23.6 Å². The van der Waals surface area contributed by atoms with E-state index in [2.05, 4.69) is 21.2 Å². The summed E-state index contributed by atoms with van der Waals surface area (Å²) >= 11 is 0. The van der Waals surface area contributed by atoms with Gasteiger partial charge in [-0.25, -0.2) is 9.78 Å². The summed E-state index contributed by atoms with van der Waals surface area (Å²) in [5.74, 6) is 3.54. The van der Waals surface area contributed by atoms with E-state index in [-0.39, 0.29) is 6.09 Å². The molecular formula is C20H25N3O2. The zero-order valence-corrected chi connectivity index (χ0v) is 15.1. The monoisotopic (exact) mass is 339 g/mol. The van der Waals surface area contributed by atoms with E-state index < -0.39 is 5.60 Å². The number of nitrogens with one attached hydrogen (secondary N) is 2. The Bertz CT molecular complexity index is 734. The minimum Gasteiger partial charge on any atom is -0.444 e. The van der Waals surface area contributed by atoms with Crippen molar-refractivity contribution < 1.29 is 9.53 Å². The summed E-state index contributed by atoms with van der Waals surface area (Å²) in [6, 6.07) is 7.80. The Morgan fingerprint density at radius 3 is 2.64 bits per heavy atom. The van der Waals surface area contributed by atoms with E-state index >= 15 is 0 Å². The first-order valence-electron chi connectivity index (χ1n) is 8.45. The molecule has 1 aromatic carbocycles. The molecular weight excluding hydrogens is 314 g/mol. The number of aryl methyl sites for hydroxylation is 1. The summed E-state index contributed by atoms with van der Waals surface area (Å²) < 4.78 is 5.19. The van der Waals surface area contributed by atoms with Crippen LogP contribution >= 0.6 is 0 Å². The van der Waals surface area contributed by atoms with Crippen LogP contribution in [0.15, 0.2) is 30.5 Å². The standard InChI is InChI=1S/C20H25N3O2/c1-5-15-9-11-16(12-10-15)17-14-22-18(23-17)8-6-7-13-21-19(24)25-20(2,3)4/h1,9-12,14H,6-8,13H2,2-4H3,(H,21,24)(H,22,23). The number of amides is 1. The highest BCUT2D eigenvalue weighted by Gasteiger charge is 2.15. The lowest BCUT2D eigenvalue weighted by atomic mass is 10.1. The number of nitrogens with zero attached hydrogens (tertiary/aromatic N) is 1. The average Bonchev–Trinajstić information content (AvgIpc) is 3.02. The van der Waals surface area contributed by atoms with Gasteiger partial charge in [0.15, 0.2) is 0 Å². The van der Waals surface area contributed by atoms with E-state index in [1.807, 2.05) is 51.2 Å². The third-order valence-electron chi connectivity index (χ3n) is 3.50. The molecule has 1 amide bonds. The molecule has 0 fully saturated rings. The number of ether oxygens (including phenoxy) is 1. The number of imidazole rings is 1. The molecule has 2 N–H and O–H groups in total. The fourth-order valence-corrected chi connectivity index (χ4v) is 2.30. The summed E-state index contributed by atoms with van der Waals surface area (Å²) in [6.45, 7) is 6.14. The normalized spacial score (nSPS) is 11.0. The van der Waals surface area contributed by atoms with Gasteiger partial charge in [-0.05, 0) is 51.3 Å². The third-order valence-corrected chi connectivity index (χ3v) is 3.50. The number of H-pyrrole nitrogens is 1. The SMILES string of the molecule is C#Cc1ccc(-c2cnc(CCCCNC(=O)OC(C)(C)C)[nH]2)cc1. The van der Waals surface area contributed by atoms with Gasteiger partial charge in [0, 0.05) is 18.5 Å². The van der Waals surface area contributed by atoms with E-state index in [0.29, 0.717) is 6.54 Å². The Labute approximate surface area is 149 Å². The Morgan fingerprint density at radius 2 is 2.00 bits per heavy atom. The number of hydrogen-bond donors (Lipinski definition) is 2. The molecule has 2 aromatic rings. The lowest BCUT2D eigenvalue weighted by Crippen LogP contribution is -2.33. The molecule has 0 atom stereocenters. The van der Waals surface area contributed by atoms with Gasteiger partial charge < -0.3 is 15.0 Å². The topological polar surface area (TPSA) is 67.0 Å². The number of aromatic amines is 1. The quantitative estimate of drug-likeness (QED) is 0.619. The van der Waals surface area contributed by atoms with Crippen LogP contribution in [0.1, 0.15) is 45.0 Å². The second kappa shape index (κ2) is 8.39. The largest absolute Gasteiger partial charge is 0.444 e. The van der Waals surface area contributed by atoms with Crippen LogP contribution in [-0.4, -0.2) is 28.2 Å². The van der Waals surface area contributed by atoms with Crippen molar-refractivity contribution in [3.63, 3.8) is 0 Å². The van der Waals surface area contributed by atoms with Crippen LogP contribution in [0, 0.1) is 12.3 Å². The molecule has 5 heteroatoms. The summed E-state index contributed by atoms with van der Waals surface area (Å²) in [5.41, 5.74) is 2.43. The smallest absolute Gasteiger partial charge is 0.407 e. The number of rotatable bonds is 6. The van der Waals surface area contributed by atoms with Gasteiger partial charge in [-0.3, -0.25) is 0 Å². The van der Waals surface area contributed by atoms with E-state index in [1.165, 1.54) is 0 Å². The van der Waals surface area contributed by atoms with E-state index in [9.17, 15) is 4.79 Å². The maximum Gasteiger partial charge on any atom is 0.407 e. The van der Waals surface area contributed by atoms with Crippen LogP contribution in [-0.2, 0) is 11.2 Å². The molecule has 1 heterocycles. The molecule has 0 aliphatic heterocycles. The fourth-order valence-electron chi connectivity index (χ4n) is 2.30. The molecule has 25 heavy (non-hydrogen) atoms. The molecule has 0 aliphatic carbocycles. The summed E-state index contributed by atoms with van der Waals surface area (Å²) in [4.78, 5) is 19.3. The van der Waals surface area contributed by atoms with Gasteiger partial charge in [-0.2, -0.15) is 0 Å². The van der Waals surface area contributed by atoms with Crippen molar-refractivity contribution in [1.29, 1.82) is 0 Å². The van der Waals surface area contributed by atoms with Crippen LogP contribution in [0.4, 0.5) is 4.79 Å². The second-order valence-corrected chi connectivity index (χ2v) is 6.85. The van der Waals surface area contributed by atoms with Crippen LogP contribution < -0.4 is 5.32 Å². The van der Waals surface area contributed by atoms with Crippen molar-refractivity contribution in [3.05, 3.63) is 41.9 Å². The molecule has 132 valence electrons. The Morgan fingerprint density at radius 1 is 1.28 bits per heavy atom. The molecule has 0 radical (unpaired) electrons. The Hall–Kier alpha value is -2.74. The number of unbranched alkanes of at least 4 members (excludes halogenated alkanes) is 1. The van der Waals surface area contributed by atoms with Gasteiger partial charge in [0.05, 0.1) is 11.9 Å². The first-order valence-corrected chi connectivity index (χ1v) is 8.45. The highest BCUT2D eigenvalue weighted by Crippen LogP contribution is 2.18.